The van der Waals surface area contributed by atoms with Crippen LogP contribution in [-0.4, -0.2) is 28.3 Å². The van der Waals surface area contributed by atoms with Crippen LogP contribution >= 0.6 is 0 Å². The second-order valence-electron chi connectivity index (χ2n) is 3.89. The van der Waals surface area contributed by atoms with Crippen LogP contribution in [0.5, 0.6) is 0 Å². The first-order valence-corrected chi connectivity index (χ1v) is 6.45. The Bertz CT molecular complexity index is 155. The third kappa shape index (κ3) is 4.77. The van der Waals surface area contributed by atoms with Gasteiger partial charge < -0.3 is 5.32 Å². The third-order valence-corrected chi connectivity index (χ3v) is 4.72. The summed E-state index contributed by atoms with van der Waals surface area (Å²) >= 11 is 0. The van der Waals surface area contributed by atoms with Crippen LogP contribution in [0.15, 0.2) is 0 Å². The van der Waals surface area contributed by atoms with E-state index in [1.54, 1.807) is 0 Å². The molecule has 0 spiro atoms. The average Bonchev–Trinajstić information content (AvgIpc) is 2.12. The van der Waals surface area contributed by atoms with E-state index in [-0.39, 0.29) is 0 Å². The second-order valence-corrected chi connectivity index (χ2v) is 5.73. The summed E-state index contributed by atoms with van der Waals surface area (Å²) in [6, 6.07) is 0.405. The summed E-state index contributed by atoms with van der Waals surface area (Å²) in [6.07, 6.45) is 1.05. The molecule has 0 bridgehead atoms. The molecule has 0 radical (unpaired) electrons. The summed E-state index contributed by atoms with van der Waals surface area (Å²) in [4.78, 5) is 0. The molecular weight excluding hydrogens is 182 g/mol. The van der Waals surface area contributed by atoms with E-state index in [4.69, 9.17) is 0 Å². The molecule has 0 aromatic carbocycles. The monoisotopic (exact) mass is 205 g/mol. The molecule has 0 aromatic rings. The lowest BCUT2D eigenvalue weighted by atomic mass is 10.2. The fraction of sp³-hybridized carbons (Fsp3) is 1.00. The highest BCUT2D eigenvalue weighted by Gasteiger charge is 2.17. The normalized spacial score (nSPS) is 18.6. The number of hydrogen-bond donors (Lipinski definition) is 1. The van der Waals surface area contributed by atoms with Gasteiger partial charge in [-0.25, -0.2) is 0 Å². The van der Waals surface area contributed by atoms with Crippen molar-refractivity contribution in [1.29, 1.82) is 0 Å². The summed E-state index contributed by atoms with van der Waals surface area (Å²) in [5, 5.41) is 3.49. The molecule has 3 unspecified atom stereocenters. The predicted octanol–water partition coefficient (Wildman–Crippen LogP) is 1.78. The van der Waals surface area contributed by atoms with Crippen molar-refractivity contribution >= 4 is 10.8 Å². The van der Waals surface area contributed by atoms with Crippen LogP contribution in [0, 0.1) is 5.92 Å². The van der Waals surface area contributed by atoms with Crippen molar-refractivity contribution in [1.82, 2.24) is 5.32 Å². The van der Waals surface area contributed by atoms with Crippen LogP contribution in [0.3, 0.4) is 0 Å². The van der Waals surface area contributed by atoms with Crippen molar-refractivity contribution in [3.8, 4) is 0 Å². The molecule has 0 aliphatic carbocycles. The summed E-state index contributed by atoms with van der Waals surface area (Å²) in [5.41, 5.74) is 0. The van der Waals surface area contributed by atoms with Gasteiger partial charge in [-0.1, -0.05) is 27.7 Å². The van der Waals surface area contributed by atoms with Crippen LogP contribution in [0.25, 0.3) is 0 Å². The van der Waals surface area contributed by atoms with Crippen molar-refractivity contribution in [2.45, 2.75) is 45.4 Å². The lowest BCUT2D eigenvalue weighted by Gasteiger charge is -2.19. The van der Waals surface area contributed by atoms with Crippen molar-refractivity contribution in [2.24, 2.45) is 5.92 Å². The third-order valence-electron chi connectivity index (χ3n) is 2.62. The zero-order chi connectivity index (χ0) is 10.4. The zero-order valence-corrected chi connectivity index (χ0v) is 10.3. The Kier molecular flexibility index (Phi) is 6.60. The minimum Gasteiger partial charge on any atom is -0.316 e. The maximum absolute atomic E-state index is 11.8. The van der Waals surface area contributed by atoms with Gasteiger partial charge in [0.2, 0.25) is 0 Å². The Morgan fingerprint density at radius 2 is 1.85 bits per heavy atom. The van der Waals surface area contributed by atoms with Crippen molar-refractivity contribution < 1.29 is 4.21 Å². The lowest BCUT2D eigenvalue weighted by molar-refractivity contribution is 0.570. The Morgan fingerprint density at radius 1 is 1.31 bits per heavy atom. The van der Waals surface area contributed by atoms with E-state index in [1.165, 1.54) is 0 Å². The largest absolute Gasteiger partial charge is 0.316 e. The van der Waals surface area contributed by atoms with Gasteiger partial charge in [0.1, 0.15) is 0 Å². The van der Waals surface area contributed by atoms with E-state index in [0.717, 1.165) is 12.2 Å². The highest BCUT2D eigenvalue weighted by atomic mass is 32.2. The zero-order valence-electron chi connectivity index (χ0n) is 9.46. The van der Waals surface area contributed by atoms with Crippen LogP contribution < -0.4 is 5.32 Å². The fourth-order valence-electron chi connectivity index (χ4n) is 1.06. The molecule has 3 atom stereocenters. The quantitative estimate of drug-likeness (QED) is 0.716. The van der Waals surface area contributed by atoms with Gasteiger partial charge in [-0.2, -0.15) is 0 Å². The van der Waals surface area contributed by atoms with Gasteiger partial charge in [0, 0.05) is 27.8 Å². The average molecular weight is 205 g/mol. The first-order chi connectivity index (χ1) is 6.02. The first-order valence-electron chi connectivity index (χ1n) is 5.07. The minimum absolute atomic E-state index is 0.308. The van der Waals surface area contributed by atoms with Crippen LogP contribution in [0.4, 0.5) is 0 Å². The minimum atomic E-state index is -0.687. The Balaban J connectivity index is 3.98. The summed E-state index contributed by atoms with van der Waals surface area (Å²) in [7, 11) is 1.25. The molecule has 13 heavy (non-hydrogen) atoms. The summed E-state index contributed by atoms with van der Waals surface area (Å²) < 4.78 is 11.8. The molecular formula is C10H23NOS. The van der Waals surface area contributed by atoms with Crippen LogP contribution in [0.1, 0.15) is 34.1 Å². The fourth-order valence-corrected chi connectivity index (χ4v) is 2.77. The van der Waals surface area contributed by atoms with Crippen LogP contribution in [0.2, 0.25) is 0 Å². The highest BCUT2D eigenvalue weighted by molar-refractivity contribution is 7.85. The van der Waals surface area contributed by atoms with Crippen molar-refractivity contribution in [3.63, 3.8) is 0 Å². The van der Waals surface area contributed by atoms with Crippen LogP contribution in [-0.2, 0) is 10.8 Å². The van der Waals surface area contributed by atoms with E-state index in [9.17, 15) is 4.21 Å². The highest BCUT2D eigenvalue weighted by Crippen LogP contribution is 2.10. The SMILES string of the molecule is CCC(CS(=O)C(C)C(C)C)NC. The molecule has 0 saturated carbocycles. The van der Waals surface area contributed by atoms with E-state index in [2.05, 4.69) is 33.0 Å². The first kappa shape index (κ1) is 13.1. The smallest absolute Gasteiger partial charge is 0.0391 e. The molecule has 0 aliphatic heterocycles. The Hall–Kier alpha value is 0.110. The maximum Gasteiger partial charge on any atom is 0.0391 e. The van der Waals surface area contributed by atoms with Gasteiger partial charge in [0.25, 0.3) is 0 Å². The molecule has 0 fully saturated rings. The number of rotatable bonds is 6. The molecule has 2 nitrogen and oxygen atoms in total. The molecule has 0 aromatic heterocycles. The molecule has 0 saturated heterocycles. The molecule has 1 N–H and O–H groups in total. The second kappa shape index (κ2) is 6.55. The molecule has 0 heterocycles. The lowest BCUT2D eigenvalue weighted by Crippen LogP contribution is -2.34. The standard InChI is InChI=1S/C10H23NOS/c1-6-10(11-5)7-13(12)9(4)8(2)3/h8-11H,6-7H2,1-5H3. The van der Waals surface area contributed by atoms with Gasteiger partial charge in [-0.15, -0.1) is 0 Å². The van der Waals surface area contributed by atoms with Gasteiger partial charge >= 0.3 is 0 Å². The topological polar surface area (TPSA) is 29.1 Å². The number of hydrogen-bond acceptors (Lipinski definition) is 2. The molecule has 3 heteroatoms. The molecule has 0 aliphatic rings. The van der Waals surface area contributed by atoms with Crippen molar-refractivity contribution in [3.05, 3.63) is 0 Å². The Morgan fingerprint density at radius 3 is 2.15 bits per heavy atom. The predicted molar refractivity (Wildman–Crippen MR) is 60.4 cm³/mol. The Labute approximate surface area is 84.9 Å². The van der Waals surface area contributed by atoms with E-state index >= 15 is 0 Å². The maximum atomic E-state index is 11.8. The van der Waals surface area contributed by atoms with Gasteiger partial charge in [-0.05, 0) is 19.4 Å². The van der Waals surface area contributed by atoms with Gasteiger partial charge in [0.15, 0.2) is 0 Å². The van der Waals surface area contributed by atoms with E-state index in [0.29, 0.717) is 17.2 Å². The summed E-state index contributed by atoms with van der Waals surface area (Å²) in [5.74, 6) is 1.29. The molecule has 0 amide bonds. The number of nitrogens with one attached hydrogen (secondary N) is 1. The van der Waals surface area contributed by atoms with Gasteiger partial charge in [0.05, 0.1) is 0 Å². The van der Waals surface area contributed by atoms with E-state index in [1.807, 2.05) is 7.05 Å². The van der Waals surface area contributed by atoms with E-state index < -0.39 is 10.8 Å². The molecule has 0 rings (SSSR count). The molecule has 80 valence electrons. The van der Waals surface area contributed by atoms with Crippen molar-refractivity contribution in [2.75, 3.05) is 12.8 Å². The van der Waals surface area contributed by atoms with Gasteiger partial charge in [-0.3, -0.25) is 4.21 Å². The summed E-state index contributed by atoms with van der Waals surface area (Å²) in [6.45, 7) is 8.45.